The lowest BCUT2D eigenvalue weighted by Crippen LogP contribution is -2.31. The summed E-state index contributed by atoms with van der Waals surface area (Å²) in [5, 5.41) is 7.79. The van der Waals surface area contributed by atoms with Crippen molar-refractivity contribution in [3.05, 3.63) is 71.7 Å². The van der Waals surface area contributed by atoms with Crippen molar-refractivity contribution in [3.8, 4) is 5.82 Å². The van der Waals surface area contributed by atoms with Crippen LogP contribution in [0.5, 0.6) is 0 Å². The highest BCUT2D eigenvalue weighted by atomic mass is 16.1. The molecular formula is C24H27N5O. The van der Waals surface area contributed by atoms with Crippen molar-refractivity contribution in [1.29, 1.82) is 0 Å². The van der Waals surface area contributed by atoms with Gasteiger partial charge in [-0.05, 0) is 74.9 Å². The third-order valence-corrected chi connectivity index (χ3v) is 6.21. The van der Waals surface area contributed by atoms with E-state index in [0.29, 0.717) is 5.56 Å². The molecule has 0 spiro atoms. The van der Waals surface area contributed by atoms with Crippen LogP contribution < -0.4 is 10.2 Å². The Morgan fingerprint density at radius 2 is 1.83 bits per heavy atom. The number of benzene rings is 1. The van der Waals surface area contributed by atoms with E-state index in [9.17, 15) is 4.79 Å². The van der Waals surface area contributed by atoms with Gasteiger partial charge >= 0.3 is 0 Å². The van der Waals surface area contributed by atoms with Crippen molar-refractivity contribution in [3.63, 3.8) is 0 Å². The van der Waals surface area contributed by atoms with Gasteiger partial charge in [0.15, 0.2) is 5.82 Å². The van der Waals surface area contributed by atoms with Crippen LogP contribution in [0.25, 0.3) is 5.82 Å². The van der Waals surface area contributed by atoms with Crippen LogP contribution in [0.4, 0.5) is 5.69 Å². The Kier molecular flexibility index (Phi) is 5.22. The van der Waals surface area contributed by atoms with Gasteiger partial charge in [0.05, 0.1) is 17.9 Å². The summed E-state index contributed by atoms with van der Waals surface area (Å²) in [7, 11) is 0. The number of nitrogens with zero attached hydrogens (tertiary/aromatic N) is 4. The largest absolute Gasteiger partial charge is 0.372 e. The molecule has 154 valence electrons. The number of piperidine rings is 1. The monoisotopic (exact) mass is 401 g/mol. The van der Waals surface area contributed by atoms with E-state index >= 15 is 0 Å². The molecule has 1 atom stereocenters. The van der Waals surface area contributed by atoms with Gasteiger partial charge < -0.3 is 10.2 Å². The molecule has 6 nitrogen and oxygen atoms in total. The van der Waals surface area contributed by atoms with E-state index in [-0.39, 0.29) is 11.9 Å². The number of carbonyl (C=O) groups excluding carboxylic acids is 1. The maximum atomic E-state index is 12.9. The fraction of sp³-hybridized carbons (Fsp3) is 0.375. The summed E-state index contributed by atoms with van der Waals surface area (Å²) < 4.78 is 1.90. The summed E-state index contributed by atoms with van der Waals surface area (Å²) in [6, 6.07) is 13.9. The van der Waals surface area contributed by atoms with Gasteiger partial charge in [0.2, 0.25) is 0 Å². The van der Waals surface area contributed by atoms with Gasteiger partial charge in [-0.1, -0.05) is 6.07 Å². The van der Waals surface area contributed by atoms with Crippen molar-refractivity contribution in [2.24, 2.45) is 0 Å². The standard InChI is InChI=1S/C24H27N5O/c30-24(18-10-12-19(13-11-18)28-15-4-1-5-16-28)27-21-7-6-8-22-20(21)17-26-29(22)23-9-2-3-14-25-23/h2-3,9-14,17,21H,1,4-8,15-16H2,(H,27,30)/t21-/m0/s1. The Balaban J connectivity index is 1.31. The number of hydrogen-bond donors (Lipinski definition) is 1. The Morgan fingerprint density at radius 3 is 2.60 bits per heavy atom. The first-order chi connectivity index (χ1) is 14.8. The number of rotatable bonds is 4. The fourth-order valence-corrected chi connectivity index (χ4v) is 4.60. The van der Waals surface area contributed by atoms with E-state index in [2.05, 4.69) is 32.4 Å². The first kappa shape index (κ1) is 18.9. The second kappa shape index (κ2) is 8.30. The molecule has 0 bridgehead atoms. The zero-order chi connectivity index (χ0) is 20.3. The molecule has 30 heavy (non-hydrogen) atoms. The van der Waals surface area contributed by atoms with E-state index in [4.69, 9.17) is 0 Å². The van der Waals surface area contributed by atoms with Gasteiger partial charge in [-0.15, -0.1) is 0 Å². The highest BCUT2D eigenvalue weighted by Gasteiger charge is 2.26. The number of anilines is 1. The first-order valence-corrected chi connectivity index (χ1v) is 10.9. The highest BCUT2D eigenvalue weighted by Crippen LogP contribution is 2.31. The van der Waals surface area contributed by atoms with E-state index in [1.54, 1.807) is 6.20 Å². The van der Waals surface area contributed by atoms with Gasteiger partial charge in [0, 0.05) is 36.1 Å². The smallest absolute Gasteiger partial charge is 0.251 e. The molecule has 3 heterocycles. The number of carbonyl (C=O) groups is 1. The molecule has 1 aliphatic carbocycles. The Hall–Kier alpha value is -3.15. The minimum atomic E-state index is -0.0244. The normalized spacial score (nSPS) is 18.7. The molecule has 3 aromatic rings. The lowest BCUT2D eigenvalue weighted by Gasteiger charge is -2.29. The second-order valence-electron chi connectivity index (χ2n) is 8.16. The van der Waals surface area contributed by atoms with Crippen molar-refractivity contribution in [2.75, 3.05) is 18.0 Å². The van der Waals surface area contributed by atoms with Crippen LogP contribution in [0.1, 0.15) is 59.8 Å². The van der Waals surface area contributed by atoms with Crippen molar-refractivity contribution in [1.82, 2.24) is 20.1 Å². The van der Waals surface area contributed by atoms with Crippen LogP contribution in [0.2, 0.25) is 0 Å². The zero-order valence-electron chi connectivity index (χ0n) is 17.1. The Labute approximate surface area is 176 Å². The van der Waals surface area contributed by atoms with E-state index in [1.165, 1.54) is 24.9 Å². The Morgan fingerprint density at radius 1 is 1.00 bits per heavy atom. The summed E-state index contributed by atoms with van der Waals surface area (Å²) in [6.45, 7) is 2.22. The molecule has 2 aliphatic rings. The molecule has 0 saturated carbocycles. The van der Waals surface area contributed by atoms with Crippen LogP contribution in [0.3, 0.4) is 0 Å². The number of fused-ring (bicyclic) bond motifs is 1. The molecule has 1 N–H and O–H groups in total. The van der Waals surface area contributed by atoms with Gasteiger partial charge in [0.25, 0.3) is 5.91 Å². The van der Waals surface area contributed by atoms with Crippen LogP contribution in [0, 0.1) is 0 Å². The lowest BCUT2D eigenvalue weighted by molar-refractivity contribution is 0.0932. The molecule has 2 aromatic heterocycles. The predicted octanol–water partition coefficient (Wildman–Crippen LogP) is 4.07. The quantitative estimate of drug-likeness (QED) is 0.716. The van der Waals surface area contributed by atoms with Gasteiger partial charge in [-0.2, -0.15) is 5.10 Å². The number of pyridine rings is 1. The molecule has 1 saturated heterocycles. The summed E-state index contributed by atoms with van der Waals surface area (Å²) in [4.78, 5) is 19.7. The van der Waals surface area contributed by atoms with Gasteiger partial charge in [0.1, 0.15) is 0 Å². The maximum Gasteiger partial charge on any atom is 0.251 e. The van der Waals surface area contributed by atoms with E-state index < -0.39 is 0 Å². The lowest BCUT2D eigenvalue weighted by atomic mass is 9.92. The number of amides is 1. The van der Waals surface area contributed by atoms with Gasteiger partial charge in [-0.3, -0.25) is 4.79 Å². The third-order valence-electron chi connectivity index (χ3n) is 6.21. The third kappa shape index (κ3) is 3.70. The highest BCUT2D eigenvalue weighted by molar-refractivity contribution is 5.94. The topological polar surface area (TPSA) is 63.1 Å². The van der Waals surface area contributed by atoms with Crippen LogP contribution in [-0.2, 0) is 6.42 Å². The number of nitrogens with one attached hydrogen (secondary N) is 1. The molecule has 1 amide bonds. The van der Waals surface area contributed by atoms with Crippen LogP contribution >= 0.6 is 0 Å². The minimum absolute atomic E-state index is 0.0134. The van der Waals surface area contributed by atoms with E-state index in [1.807, 2.05) is 41.2 Å². The number of aromatic nitrogens is 3. The summed E-state index contributed by atoms with van der Waals surface area (Å²) in [5.74, 6) is 0.794. The van der Waals surface area contributed by atoms with Crippen LogP contribution in [-0.4, -0.2) is 33.8 Å². The summed E-state index contributed by atoms with van der Waals surface area (Å²) >= 11 is 0. The Bertz CT molecular complexity index is 1010. The molecule has 0 radical (unpaired) electrons. The predicted molar refractivity (Wildman–Crippen MR) is 117 cm³/mol. The molecule has 6 heteroatoms. The molecule has 0 unspecified atom stereocenters. The molecule has 1 aliphatic heterocycles. The SMILES string of the molecule is O=C(N[C@H]1CCCc2c1cnn2-c1ccccn1)c1ccc(N2CCCCC2)cc1. The summed E-state index contributed by atoms with van der Waals surface area (Å²) in [6.07, 6.45) is 10.4. The van der Waals surface area contributed by atoms with Gasteiger partial charge in [-0.25, -0.2) is 9.67 Å². The van der Waals surface area contributed by atoms with Crippen molar-refractivity contribution in [2.45, 2.75) is 44.6 Å². The van der Waals surface area contributed by atoms with Crippen molar-refractivity contribution < 1.29 is 4.79 Å². The summed E-state index contributed by atoms with van der Waals surface area (Å²) in [5.41, 5.74) is 4.17. The zero-order valence-corrected chi connectivity index (χ0v) is 17.1. The average molecular weight is 402 g/mol. The van der Waals surface area contributed by atoms with Crippen molar-refractivity contribution >= 4 is 11.6 Å². The molecule has 1 aromatic carbocycles. The molecule has 5 rings (SSSR count). The average Bonchev–Trinajstić information content (AvgIpc) is 3.26. The number of hydrogen-bond acceptors (Lipinski definition) is 4. The maximum absolute atomic E-state index is 12.9. The minimum Gasteiger partial charge on any atom is -0.372 e. The fourth-order valence-electron chi connectivity index (χ4n) is 4.60. The second-order valence-corrected chi connectivity index (χ2v) is 8.16. The van der Waals surface area contributed by atoms with Crippen LogP contribution in [0.15, 0.2) is 54.9 Å². The first-order valence-electron chi connectivity index (χ1n) is 10.9. The molecule has 1 fully saturated rings. The van der Waals surface area contributed by atoms with E-state index in [0.717, 1.165) is 49.4 Å². The molecular weight excluding hydrogens is 374 g/mol.